The third-order valence-electron chi connectivity index (χ3n) is 5.88. The van der Waals surface area contributed by atoms with E-state index in [4.69, 9.17) is 0 Å². The Labute approximate surface area is 216 Å². The highest BCUT2D eigenvalue weighted by Crippen LogP contribution is 2.32. The first-order valence-corrected chi connectivity index (χ1v) is 11.6. The van der Waals surface area contributed by atoms with Gasteiger partial charge in [-0.05, 0) is 55.5 Å². The van der Waals surface area contributed by atoms with E-state index in [9.17, 15) is 35.9 Å². The molecule has 0 aliphatic rings. The molecular formula is C25H21F6N5O3. The molecule has 3 aromatic heterocycles. The van der Waals surface area contributed by atoms with Crippen LogP contribution in [-0.4, -0.2) is 32.4 Å². The number of pyridine rings is 2. The van der Waals surface area contributed by atoms with Gasteiger partial charge >= 0.3 is 12.8 Å². The fourth-order valence-electron chi connectivity index (χ4n) is 4.08. The molecule has 3 heterocycles. The van der Waals surface area contributed by atoms with Gasteiger partial charge in [0.05, 0.1) is 29.2 Å². The van der Waals surface area contributed by atoms with Gasteiger partial charge in [0, 0.05) is 24.3 Å². The number of hydrogen-bond acceptors (Lipinski definition) is 6. The van der Waals surface area contributed by atoms with Crippen molar-refractivity contribution in [2.45, 2.75) is 45.1 Å². The Bertz CT molecular complexity index is 1580. The van der Waals surface area contributed by atoms with Gasteiger partial charge in [-0.15, -0.1) is 0 Å². The quantitative estimate of drug-likeness (QED) is 0.277. The van der Waals surface area contributed by atoms with Crippen LogP contribution in [0.2, 0.25) is 0 Å². The molecule has 0 fully saturated rings. The van der Waals surface area contributed by atoms with Gasteiger partial charge in [0.25, 0.3) is 11.1 Å². The standard InChI is InChI=1S/C25H21F6N5O3/c1-13(34-20-12-33-35-22(37)21(20)25(29,30)31)3-2-7-36-8-6-14-9-17(18(26)10-16(14)23(36)38)19-5-4-15(11-32-19)39-24(27)28/h4-6,8-13,24H,2-3,7H2,1H3,(H2,34,35,37)/t13-/m0/s1. The van der Waals surface area contributed by atoms with E-state index >= 15 is 0 Å². The van der Waals surface area contributed by atoms with E-state index in [1.54, 1.807) is 18.1 Å². The van der Waals surface area contributed by atoms with Crippen molar-refractivity contribution in [1.29, 1.82) is 0 Å². The molecule has 0 radical (unpaired) electrons. The van der Waals surface area contributed by atoms with E-state index in [1.807, 2.05) is 0 Å². The Balaban J connectivity index is 1.46. The molecule has 14 heteroatoms. The summed E-state index contributed by atoms with van der Waals surface area (Å²) in [5, 5.41) is 8.35. The fraction of sp³-hybridized carbons (Fsp3) is 0.280. The Hall–Kier alpha value is -4.36. The highest BCUT2D eigenvalue weighted by atomic mass is 19.4. The molecule has 2 N–H and O–H groups in total. The lowest BCUT2D eigenvalue weighted by Gasteiger charge is -2.18. The van der Waals surface area contributed by atoms with Crippen LogP contribution >= 0.6 is 0 Å². The summed E-state index contributed by atoms with van der Waals surface area (Å²) in [6.07, 6.45) is -0.699. The molecule has 4 aromatic rings. The predicted octanol–water partition coefficient (Wildman–Crippen LogP) is 5.19. The Kier molecular flexibility index (Phi) is 7.93. The number of halogens is 6. The number of H-pyrrole nitrogens is 1. The van der Waals surface area contributed by atoms with E-state index < -0.39 is 47.0 Å². The summed E-state index contributed by atoms with van der Waals surface area (Å²) in [6, 6.07) is 6.15. The van der Waals surface area contributed by atoms with Gasteiger partial charge in [0.1, 0.15) is 17.1 Å². The van der Waals surface area contributed by atoms with Crippen LogP contribution in [-0.2, 0) is 12.7 Å². The zero-order valence-electron chi connectivity index (χ0n) is 20.2. The van der Waals surface area contributed by atoms with E-state index in [0.717, 1.165) is 18.5 Å². The Morgan fingerprint density at radius 3 is 2.56 bits per heavy atom. The molecular weight excluding hydrogens is 532 g/mol. The number of aryl methyl sites for hydroxylation is 1. The third kappa shape index (κ3) is 6.38. The van der Waals surface area contributed by atoms with Crippen LogP contribution in [0.1, 0.15) is 25.3 Å². The molecule has 0 saturated carbocycles. The summed E-state index contributed by atoms with van der Waals surface area (Å²) in [5.41, 5.74) is -3.42. The van der Waals surface area contributed by atoms with Crippen LogP contribution in [0.3, 0.4) is 0 Å². The number of anilines is 1. The SMILES string of the molecule is C[C@@H](CCCn1ccc2cc(-c3ccc(OC(F)F)cn3)c(F)cc2c1=O)Nc1cn[nH]c(=O)c1C(F)(F)F. The van der Waals surface area contributed by atoms with Crippen LogP contribution in [0, 0.1) is 5.82 Å². The molecule has 0 bridgehead atoms. The molecule has 0 unspecified atom stereocenters. The smallest absolute Gasteiger partial charge is 0.423 e. The van der Waals surface area contributed by atoms with Crippen molar-refractivity contribution in [1.82, 2.24) is 19.7 Å². The van der Waals surface area contributed by atoms with E-state index in [2.05, 4.69) is 20.1 Å². The molecule has 0 aliphatic heterocycles. The summed E-state index contributed by atoms with van der Waals surface area (Å²) in [4.78, 5) is 28.5. The van der Waals surface area contributed by atoms with Crippen LogP contribution in [0.15, 0.2) is 58.5 Å². The van der Waals surface area contributed by atoms with Gasteiger partial charge < -0.3 is 14.6 Å². The average molecular weight is 553 g/mol. The number of benzene rings is 1. The van der Waals surface area contributed by atoms with Crippen molar-refractivity contribution in [2.75, 3.05) is 5.32 Å². The lowest BCUT2D eigenvalue weighted by molar-refractivity contribution is -0.138. The molecule has 4 rings (SSSR count). The monoisotopic (exact) mass is 553 g/mol. The molecule has 8 nitrogen and oxygen atoms in total. The van der Waals surface area contributed by atoms with Gasteiger partial charge in [-0.2, -0.15) is 27.1 Å². The fourth-order valence-corrected chi connectivity index (χ4v) is 4.08. The second-order valence-electron chi connectivity index (χ2n) is 8.66. The highest BCUT2D eigenvalue weighted by molar-refractivity contribution is 5.86. The summed E-state index contributed by atoms with van der Waals surface area (Å²) in [5.74, 6) is -0.922. The number of nitrogens with one attached hydrogen (secondary N) is 2. The maximum Gasteiger partial charge on any atom is 0.423 e. The molecule has 1 aromatic carbocycles. The second kappa shape index (κ2) is 11.2. The minimum absolute atomic E-state index is 0.0654. The molecule has 0 amide bonds. The molecule has 0 spiro atoms. The normalized spacial score (nSPS) is 12.6. The lowest BCUT2D eigenvalue weighted by atomic mass is 10.0. The van der Waals surface area contributed by atoms with Gasteiger partial charge in [-0.1, -0.05) is 0 Å². The van der Waals surface area contributed by atoms with Crippen LogP contribution in [0.5, 0.6) is 5.75 Å². The topological polar surface area (TPSA) is 102 Å². The van der Waals surface area contributed by atoms with Crippen molar-refractivity contribution in [3.63, 3.8) is 0 Å². The van der Waals surface area contributed by atoms with Crippen molar-refractivity contribution < 1.29 is 31.1 Å². The zero-order valence-corrected chi connectivity index (χ0v) is 20.2. The zero-order chi connectivity index (χ0) is 28.3. The van der Waals surface area contributed by atoms with Gasteiger partial charge in [0.15, 0.2) is 0 Å². The Morgan fingerprint density at radius 2 is 1.90 bits per heavy atom. The molecule has 39 heavy (non-hydrogen) atoms. The van der Waals surface area contributed by atoms with Gasteiger partial charge in [-0.25, -0.2) is 9.49 Å². The first kappa shape index (κ1) is 27.7. The van der Waals surface area contributed by atoms with Gasteiger partial charge in [0.2, 0.25) is 0 Å². The summed E-state index contributed by atoms with van der Waals surface area (Å²) < 4.78 is 84.8. The predicted molar refractivity (Wildman–Crippen MR) is 130 cm³/mol. The van der Waals surface area contributed by atoms with Crippen molar-refractivity contribution in [2.24, 2.45) is 0 Å². The van der Waals surface area contributed by atoms with Crippen molar-refractivity contribution in [3.05, 3.63) is 81.0 Å². The first-order chi connectivity index (χ1) is 18.4. The minimum atomic E-state index is -4.87. The second-order valence-corrected chi connectivity index (χ2v) is 8.66. The summed E-state index contributed by atoms with van der Waals surface area (Å²) in [6.45, 7) is -1.19. The van der Waals surface area contributed by atoms with Gasteiger partial charge in [-0.3, -0.25) is 14.6 Å². The lowest BCUT2D eigenvalue weighted by Crippen LogP contribution is -2.27. The summed E-state index contributed by atoms with van der Waals surface area (Å²) >= 11 is 0. The Morgan fingerprint density at radius 1 is 1.13 bits per heavy atom. The minimum Gasteiger partial charge on any atom is -0.433 e. The maximum absolute atomic E-state index is 14.9. The number of hydrogen-bond donors (Lipinski definition) is 2. The molecule has 206 valence electrons. The number of rotatable bonds is 9. The largest absolute Gasteiger partial charge is 0.433 e. The number of aromatic nitrogens is 4. The number of ether oxygens (including phenoxy) is 1. The summed E-state index contributed by atoms with van der Waals surface area (Å²) in [7, 11) is 0. The highest BCUT2D eigenvalue weighted by Gasteiger charge is 2.37. The van der Waals surface area contributed by atoms with Crippen LogP contribution in [0.25, 0.3) is 22.0 Å². The molecule has 0 aliphatic carbocycles. The number of fused-ring (bicyclic) bond motifs is 1. The first-order valence-electron chi connectivity index (χ1n) is 11.6. The number of alkyl halides is 5. The number of aromatic amines is 1. The maximum atomic E-state index is 14.9. The molecule has 0 saturated heterocycles. The number of nitrogens with zero attached hydrogens (tertiary/aromatic N) is 3. The third-order valence-corrected chi connectivity index (χ3v) is 5.88. The van der Waals surface area contributed by atoms with Crippen LogP contribution < -0.4 is 21.2 Å². The van der Waals surface area contributed by atoms with Crippen LogP contribution in [0.4, 0.5) is 32.0 Å². The van der Waals surface area contributed by atoms with E-state index in [-0.39, 0.29) is 28.9 Å². The van der Waals surface area contributed by atoms with E-state index in [0.29, 0.717) is 18.2 Å². The van der Waals surface area contributed by atoms with E-state index in [1.165, 1.54) is 29.0 Å². The molecule has 1 atom stereocenters. The van der Waals surface area contributed by atoms with Crippen molar-refractivity contribution >= 4 is 16.5 Å². The average Bonchev–Trinajstić information content (AvgIpc) is 2.85. The van der Waals surface area contributed by atoms with Crippen molar-refractivity contribution in [3.8, 4) is 17.0 Å².